The molecule has 11 heteroatoms. The van der Waals surface area contributed by atoms with E-state index in [1.807, 2.05) is 0 Å². The van der Waals surface area contributed by atoms with Gasteiger partial charge in [-0.15, -0.1) is 0 Å². The lowest BCUT2D eigenvalue weighted by Gasteiger charge is -2.27. The van der Waals surface area contributed by atoms with Crippen molar-refractivity contribution in [3.05, 3.63) is 93.5 Å². The van der Waals surface area contributed by atoms with Crippen LogP contribution in [-0.2, 0) is 19.7 Å². The van der Waals surface area contributed by atoms with Crippen LogP contribution in [0.3, 0.4) is 0 Å². The summed E-state index contributed by atoms with van der Waals surface area (Å²) in [4.78, 5) is 38.9. The lowest BCUT2D eigenvalue weighted by molar-refractivity contribution is -0.122. The second-order valence-corrected chi connectivity index (χ2v) is 9.84. The van der Waals surface area contributed by atoms with E-state index in [1.165, 1.54) is 48.5 Å². The van der Waals surface area contributed by atoms with Crippen LogP contribution in [0.4, 0.5) is 10.5 Å². The maximum atomic E-state index is 13.2. The first-order chi connectivity index (χ1) is 16.6. The number of para-hydroxylation sites is 1. The van der Waals surface area contributed by atoms with E-state index in [1.54, 1.807) is 25.1 Å². The van der Waals surface area contributed by atoms with Crippen molar-refractivity contribution >= 4 is 62.9 Å². The summed E-state index contributed by atoms with van der Waals surface area (Å²) in [7, 11) is -4.25. The Hall–Kier alpha value is -3.66. The summed E-state index contributed by atoms with van der Waals surface area (Å²) >= 11 is 11.9. The van der Waals surface area contributed by atoms with Crippen LogP contribution < -0.4 is 14.4 Å². The number of rotatable bonds is 5. The number of imide groups is 2. The Morgan fingerprint density at radius 3 is 2.29 bits per heavy atom. The number of halogens is 2. The minimum atomic E-state index is -4.25. The van der Waals surface area contributed by atoms with E-state index < -0.39 is 33.5 Å². The minimum Gasteiger partial charge on any atom is -0.378 e. The van der Waals surface area contributed by atoms with Gasteiger partial charge in [0.1, 0.15) is 16.2 Å². The smallest absolute Gasteiger partial charge is 0.339 e. The standard InChI is InChI=1S/C24H16Cl2N2O6S/c1-14-6-7-17(26)13-20(14)28-23(30)19(22(29)27-24(28)31)12-15-4-2-3-5-21(15)34-35(32,33)18-10-8-16(25)9-11-18/h2-13H,1H3,(H,27,29,31)/b19-12+. The Bertz CT molecular complexity index is 1500. The molecule has 1 aliphatic rings. The lowest BCUT2D eigenvalue weighted by atomic mass is 10.1. The topological polar surface area (TPSA) is 110 Å². The number of anilines is 1. The van der Waals surface area contributed by atoms with Gasteiger partial charge in [-0.1, -0.05) is 47.5 Å². The number of hydrogen-bond acceptors (Lipinski definition) is 6. The van der Waals surface area contributed by atoms with Crippen LogP contribution in [0.2, 0.25) is 10.0 Å². The molecule has 0 aromatic heterocycles. The van der Waals surface area contributed by atoms with Crippen LogP contribution in [0.1, 0.15) is 11.1 Å². The molecule has 1 fully saturated rings. The number of nitrogens with zero attached hydrogens (tertiary/aromatic N) is 1. The molecule has 1 N–H and O–H groups in total. The number of aryl methyl sites for hydroxylation is 1. The molecule has 4 rings (SSSR count). The third-order valence-corrected chi connectivity index (χ3v) is 6.77. The molecular formula is C24H16Cl2N2O6S. The van der Waals surface area contributed by atoms with Crippen molar-refractivity contribution in [2.75, 3.05) is 4.90 Å². The van der Waals surface area contributed by atoms with Crippen molar-refractivity contribution in [3.8, 4) is 5.75 Å². The highest BCUT2D eigenvalue weighted by Gasteiger charge is 2.37. The highest BCUT2D eigenvalue weighted by atomic mass is 35.5. The molecule has 178 valence electrons. The third-order valence-electron chi connectivity index (χ3n) is 5.03. The molecule has 0 atom stereocenters. The van der Waals surface area contributed by atoms with Crippen molar-refractivity contribution in [2.24, 2.45) is 0 Å². The van der Waals surface area contributed by atoms with Gasteiger partial charge in [0, 0.05) is 15.6 Å². The van der Waals surface area contributed by atoms with E-state index in [0.717, 1.165) is 11.0 Å². The molecule has 0 radical (unpaired) electrons. The first-order valence-corrected chi connectivity index (χ1v) is 12.2. The fourth-order valence-electron chi connectivity index (χ4n) is 3.30. The van der Waals surface area contributed by atoms with E-state index in [9.17, 15) is 22.8 Å². The fourth-order valence-corrected chi connectivity index (χ4v) is 4.54. The van der Waals surface area contributed by atoms with Crippen LogP contribution in [0, 0.1) is 6.92 Å². The first-order valence-electron chi connectivity index (χ1n) is 10.0. The van der Waals surface area contributed by atoms with Crippen LogP contribution in [0.15, 0.2) is 77.2 Å². The quantitative estimate of drug-likeness (QED) is 0.290. The van der Waals surface area contributed by atoms with Gasteiger partial charge >= 0.3 is 16.1 Å². The normalized spacial score (nSPS) is 15.3. The molecule has 0 bridgehead atoms. The highest BCUT2D eigenvalue weighted by Crippen LogP contribution is 2.30. The van der Waals surface area contributed by atoms with E-state index in [0.29, 0.717) is 15.6 Å². The third kappa shape index (κ3) is 5.07. The molecule has 1 heterocycles. The van der Waals surface area contributed by atoms with Crippen LogP contribution >= 0.6 is 23.2 Å². The van der Waals surface area contributed by atoms with Gasteiger partial charge in [0.05, 0.1) is 5.69 Å². The summed E-state index contributed by atoms with van der Waals surface area (Å²) in [6, 6.07) is 15.0. The number of urea groups is 1. The average Bonchev–Trinajstić information content (AvgIpc) is 2.80. The van der Waals surface area contributed by atoms with Crippen LogP contribution in [0.5, 0.6) is 5.75 Å². The predicted octanol–water partition coefficient (Wildman–Crippen LogP) is 4.74. The zero-order valence-corrected chi connectivity index (χ0v) is 20.3. The molecule has 0 unspecified atom stereocenters. The van der Waals surface area contributed by atoms with Gasteiger partial charge < -0.3 is 4.18 Å². The lowest BCUT2D eigenvalue weighted by Crippen LogP contribution is -2.54. The first kappa shape index (κ1) is 24.5. The van der Waals surface area contributed by atoms with Crippen LogP contribution in [-0.4, -0.2) is 26.3 Å². The Labute approximate surface area is 210 Å². The van der Waals surface area contributed by atoms with Crippen molar-refractivity contribution < 1.29 is 27.0 Å². The van der Waals surface area contributed by atoms with Gasteiger partial charge in [0.25, 0.3) is 11.8 Å². The van der Waals surface area contributed by atoms with Crippen LogP contribution in [0.25, 0.3) is 6.08 Å². The van der Waals surface area contributed by atoms with Crippen molar-refractivity contribution in [1.82, 2.24) is 5.32 Å². The van der Waals surface area contributed by atoms with Gasteiger partial charge in [-0.3, -0.25) is 14.9 Å². The van der Waals surface area contributed by atoms with Gasteiger partial charge in [0.2, 0.25) is 0 Å². The fraction of sp³-hybridized carbons (Fsp3) is 0.0417. The second-order valence-electron chi connectivity index (χ2n) is 7.42. The number of benzene rings is 3. The minimum absolute atomic E-state index is 0.126. The van der Waals surface area contributed by atoms with E-state index >= 15 is 0 Å². The molecule has 35 heavy (non-hydrogen) atoms. The van der Waals surface area contributed by atoms with Gasteiger partial charge in [-0.2, -0.15) is 8.42 Å². The number of barbiturate groups is 1. The molecule has 0 saturated carbocycles. The van der Waals surface area contributed by atoms with Crippen molar-refractivity contribution in [2.45, 2.75) is 11.8 Å². The summed E-state index contributed by atoms with van der Waals surface area (Å²) in [6.45, 7) is 1.68. The number of carbonyl (C=O) groups excluding carboxylic acids is 3. The second kappa shape index (κ2) is 9.53. The Morgan fingerprint density at radius 1 is 0.914 bits per heavy atom. The summed E-state index contributed by atoms with van der Waals surface area (Å²) in [5.41, 5.74) is 0.502. The monoisotopic (exact) mass is 530 g/mol. The van der Waals surface area contributed by atoms with E-state index in [-0.39, 0.29) is 21.9 Å². The molecule has 8 nitrogen and oxygen atoms in total. The predicted molar refractivity (Wildman–Crippen MR) is 131 cm³/mol. The SMILES string of the molecule is Cc1ccc(Cl)cc1N1C(=O)NC(=O)/C(=C\c2ccccc2OS(=O)(=O)c2ccc(Cl)cc2)C1=O. The summed E-state index contributed by atoms with van der Waals surface area (Å²) in [5.74, 6) is -1.97. The van der Waals surface area contributed by atoms with Crippen molar-refractivity contribution in [3.63, 3.8) is 0 Å². The molecule has 3 aromatic rings. The van der Waals surface area contributed by atoms with Gasteiger partial charge in [0.15, 0.2) is 0 Å². The molecule has 3 aromatic carbocycles. The summed E-state index contributed by atoms with van der Waals surface area (Å²) in [6.07, 6.45) is 1.16. The number of nitrogens with one attached hydrogen (secondary N) is 1. The summed E-state index contributed by atoms with van der Waals surface area (Å²) in [5, 5.41) is 2.76. The van der Waals surface area contributed by atoms with Gasteiger partial charge in [-0.25, -0.2) is 9.69 Å². The van der Waals surface area contributed by atoms with E-state index in [4.69, 9.17) is 27.4 Å². The molecular weight excluding hydrogens is 515 g/mol. The zero-order valence-electron chi connectivity index (χ0n) is 18.0. The Kier molecular flexibility index (Phi) is 6.66. The molecule has 0 spiro atoms. The molecule has 1 saturated heterocycles. The number of carbonyl (C=O) groups is 3. The zero-order chi connectivity index (χ0) is 25.3. The van der Waals surface area contributed by atoms with Crippen molar-refractivity contribution in [1.29, 1.82) is 0 Å². The maximum Gasteiger partial charge on any atom is 0.339 e. The largest absolute Gasteiger partial charge is 0.378 e. The highest BCUT2D eigenvalue weighted by molar-refractivity contribution is 7.87. The molecule has 1 aliphatic heterocycles. The Morgan fingerprint density at radius 2 is 1.57 bits per heavy atom. The number of amides is 4. The Balaban J connectivity index is 1.73. The molecule has 0 aliphatic carbocycles. The molecule has 4 amide bonds. The van der Waals surface area contributed by atoms with E-state index in [2.05, 4.69) is 5.32 Å². The maximum absolute atomic E-state index is 13.2. The van der Waals surface area contributed by atoms with Gasteiger partial charge in [-0.05, 0) is 61.0 Å². The summed E-state index contributed by atoms with van der Waals surface area (Å²) < 4.78 is 30.8. The number of hydrogen-bond donors (Lipinski definition) is 1. The average molecular weight is 531 g/mol.